The first kappa shape index (κ1) is 23.1. The summed E-state index contributed by atoms with van der Waals surface area (Å²) in [5.74, 6) is 0.201. The molecule has 162 valence electrons. The largest absolute Gasteiger partial charge is 0.469 e. The minimum absolute atomic E-state index is 0.00580. The zero-order chi connectivity index (χ0) is 21.6. The molecule has 0 saturated heterocycles. The topological polar surface area (TPSA) is 94.8 Å². The molecule has 1 aliphatic carbocycles. The second-order valence-electron chi connectivity index (χ2n) is 8.26. The van der Waals surface area contributed by atoms with Gasteiger partial charge in [0, 0.05) is 32.0 Å². The maximum Gasteiger partial charge on any atom is 0.311 e. The predicted octanol–water partition coefficient (Wildman–Crippen LogP) is 4.08. The van der Waals surface area contributed by atoms with Gasteiger partial charge in [-0.2, -0.15) is 0 Å². The van der Waals surface area contributed by atoms with Crippen LogP contribution in [0.3, 0.4) is 0 Å². The average molecular weight is 408 g/mol. The van der Waals surface area contributed by atoms with Crippen LogP contribution in [0.15, 0.2) is 12.3 Å². The number of rotatable bonds is 9. The van der Waals surface area contributed by atoms with Crippen molar-refractivity contribution in [1.82, 2.24) is 4.98 Å². The molecule has 1 heterocycles. The lowest BCUT2D eigenvalue weighted by Crippen LogP contribution is -2.42. The highest BCUT2D eigenvalue weighted by atomic mass is 16.6. The van der Waals surface area contributed by atoms with Crippen LogP contribution >= 0.6 is 0 Å². The molecule has 1 aromatic rings. The highest BCUT2D eigenvalue weighted by Crippen LogP contribution is 2.35. The van der Waals surface area contributed by atoms with Gasteiger partial charge in [0.1, 0.15) is 0 Å². The molecule has 1 aromatic heterocycles. The van der Waals surface area contributed by atoms with E-state index >= 15 is 0 Å². The molecule has 0 aliphatic heterocycles. The van der Waals surface area contributed by atoms with Gasteiger partial charge >= 0.3 is 11.7 Å². The number of hydrogen-bond acceptors (Lipinski definition) is 7. The van der Waals surface area contributed by atoms with Crippen molar-refractivity contribution < 1.29 is 19.2 Å². The van der Waals surface area contributed by atoms with E-state index in [0.29, 0.717) is 23.8 Å². The molecule has 1 fully saturated rings. The number of methoxy groups -OCH3 is 2. The Morgan fingerprint density at radius 3 is 2.45 bits per heavy atom. The van der Waals surface area contributed by atoms with Crippen LogP contribution in [0.4, 0.5) is 11.5 Å². The molecule has 0 N–H and O–H groups in total. The van der Waals surface area contributed by atoms with Crippen LogP contribution in [0.25, 0.3) is 0 Å². The highest BCUT2D eigenvalue weighted by Gasteiger charge is 2.32. The molecule has 0 bridgehead atoms. The summed E-state index contributed by atoms with van der Waals surface area (Å²) in [6.45, 7) is 6.75. The Hall–Kier alpha value is -2.22. The molecule has 0 radical (unpaired) electrons. The van der Waals surface area contributed by atoms with Gasteiger partial charge in [-0.05, 0) is 43.1 Å². The normalized spacial score (nSPS) is 20.3. The predicted molar refractivity (Wildman–Crippen MR) is 111 cm³/mol. The summed E-state index contributed by atoms with van der Waals surface area (Å²) in [7, 11) is 3.07. The van der Waals surface area contributed by atoms with Crippen LogP contribution in [0.5, 0.6) is 0 Å². The second-order valence-corrected chi connectivity index (χ2v) is 8.26. The van der Waals surface area contributed by atoms with Crippen LogP contribution in [0.1, 0.15) is 64.4 Å². The zero-order valence-electron chi connectivity index (χ0n) is 18.1. The van der Waals surface area contributed by atoms with Crippen LogP contribution in [-0.2, 0) is 14.3 Å². The second kappa shape index (κ2) is 10.5. The molecular weight excluding hydrogens is 374 g/mol. The number of nitrogens with zero attached hydrogens (tertiary/aromatic N) is 3. The summed E-state index contributed by atoms with van der Waals surface area (Å²) in [5.41, 5.74) is 0.659. The van der Waals surface area contributed by atoms with Gasteiger partial charge < -0.3 is 14.4 Å². The molecule has 0 amide bonds. The van der Waals surface area contributed by atoms with Crippen molar-refractivity contribution in [3.05, 3.63) is 27.9 Å². The van der Waals surface area contributed by atoms with E-state index in [1.54, 1.807) is 19.4 Å². The van der Waals surface area contributed by atoms with Crippen molar-refractivity contribution >= 4 is 17.5 Å². The third-order valence-electron chi connectivity index (χ3n) is 5.59. The van der Waals surface area contributed by atoms with Crippen molar-refractivity contribution in [3.63, 3.8) is 0 Å². The average Bonchev–Trinajstić information content (AvgIpc) is 2.71. The summed E-state index contributed by atoms with van der Waals surface area (Å²) in [6.07, 6.45) is 5.80. The summed E-state index contributed by atoms with van der Waals surface area (Å²) < 4.78 is 10.2. The lowest BCUT2D eigenvalue weighted by atomic mass is 9.91. The maximum absolute atomic E-state index is 11.9. The summed E-state index contributed by atoms with van der Waals surface area (Å²) in [4.78, 5) is 29.7. The van der Waals surface area contributed by atoms with Crippen molar-refractivity contribution in [2.45, 2.75) is 70.9 Å². The molecule has 1 aliphatic rings. The Morgan fingerprint density at radius 2 is 1.93 bits per heavy atom. The van der Waals surface area contributed by atoms with E-state index in [4.69, 9.17) is 9.47 Å². The van der Waals surface area contributed by atoms with Crippen LogP contribution < -0.4 is 4.90 Å². The molecular formula is C21H33N3O5. The van der Waals surface area contributed by atoms with E-state index in [2.05, 4.69) is 23.7 Å². The number of anilines is 1. The number of hydrogen-bond donors (Lipinski definition) is 0. The Labute approximate surface area is 172 Å². The van der Waals surface area contributed by atoms with Gasteiger partial charge in [0.25, 0.3) is 0 Å². The summed E-state index contributed by atoms with van der Waals surface area (Å²) in [6, 6.07) is 1.76. The van der Waals surface area contributed by atoms with Crippen molar-refractivity contribution in [1.29, 1.82) is 0 Å². The molecule has 0 aromatic carbocycles. The van der Waals surface area contributed by atoms with Gasteiger partial charge in [-0.3, -0.25) is 14.9 Å². The molecule has 8 heteroatoms. The fraction of sp³-hybridized carbons (Fsp3) is 0.714. The van der Waals surface area contributed by atoms with E-state index < -0.39 is 0 Å². The van der Waals surface area contributed by atoms with Crippen LogP contribution in [0, 0.1) is 16.0 Å². The number of carbonyl (C=O) groups excluding carboxylic acids is 1. The molecule has 0 spiro atoms. The fourth-order valence-corrected chi connectivity index (χ4v) is 3.93. The quantitative estimate of drug-likeness (QED) is 0.346. The lowest BCUT2D eigenvalue weighted by molar-refractivity contribution is -0.384. The monoisotopic (exact) mass is 407 g/mol. The molecule has 1 saturated carbocycles. The van der Waals surface area contributed by atoms with Gasteiger partial charge in [0.2, 0.25) is 5.82 Å². The number of pyridine rings is 1. The fourth-order valence-electron chi connectivity index (χ4n) is 3.93. The van der Waals surface area contributed by atoms with E-state index in [0.717, 1.165) is 25.7 Å². The standard InChI is InChI=1S/C21H33N3O5/c1-14(2)13-23(17-6-8-18(28-4)9-7-17)21-19(24(26)27)11-16(12-22-21)15(3)10-20(25)29-5/h11-12,14-15,17-18H,6-10,13H2,1-5H3/t15-,17-,18-/m1/s1. The first-order valence-electron chi connectivity index (χ1n) is 10.3. The summed E-state index contributed by atoms with van der Waals surface area (Å²) >= 11 is 0. The Morgan fingerprint density at radius 1 is 1.28 bits per heavy atom. The SMILES string of the molecule is COC(=O)C[C@@H](C)c1cnc(N(CC(C)C)[C@H]2CC[C@H](OC)CC2)c([N+](=O)[O-])c1. The molecule has 2 rings (SSSR count). The smallest absolute Gasteiger partial charge is 0.311 e. The van der Waals surface area contributed by atoms with Crippen LogP contribution in [-0.4, -0.2) is 48.8 Å². The van der Waals surface area contributed by atoms with Gasteiger partial charge in [-0.25, -0.2) is 4.98 Å². The van der Waals surface area contributed by atoms with Gasteiger partial charge in [-0.1, -0.05) is 20.8 Å². The Bertz CT molecular complexity index is 702. The molecule has 8 nitrogen and oxygen atoms in total. The van der Waals surface area contributed by atoms with E-state index in [9.17, 15) is 14.9 Å². The van der Waals surface area contributed by atoms with E-state index in [1.165, 1.54) is 7.11 Å². The zero-order valence-corrected chi connectivity index (χ0v) is 18.1. The first-order chi connectivity index (χ1) is 13.8. The van der Waals surface area contributed by atoms with Crippen molar-refractivity contribution in [2.24, 2.45) is 5.92 Å². The molecule has 0 unspecified atom stereocenters. The maximum atomic E-state index is 11.9. The molecule has 29 heavy (non-hydrogen) atoms. The first-order valence-corrected chi connectivity index (χ1v) is 10.3. The van der Waals surface area contributed by atoms with Gasteiger partial charge in [-0.15, -0.1) is 0 Å². The summed E-state index contributed by atoms with van der Waals surface area (Å²) in [5, 5.41) is 11.9. The number of nitro groups is 1. The third kappa shape index (κ3) is 6.13. The molecule has 1 atom stereocenters. The number of carbonyl (C=O) groups is 1. The van der Waals surface area contributed by atoms with E-state index in [1.807, 2.05) is 6.92 Å². The van der Waals surface area contributed by atoms with Crippen molar-refractivity contribution in [2.75, 3.05) is 25.7 Å². The minimum Gasteiger partial charge on any atom is -0.469 e. The lowest BCUT2D eigenvalue weighted by Gasteiger charge is -2.38. The van der Waals surface area contributed by atoms with Crippen LogP contribution in [0.2, 0.25) is 0 Å². The van der Waals surface area contributed by atoms with Gasteiger partial charge in [0.05, 0.1) is 24.6 Å². The Kier molecular flexibility index (Phi) is 8.37. The van der Waals surface area contributed by atoms with Crippen molar-refractivity contribution in [3.8, 4) is 0 Å². The van der Waals surface area contributed by atoms with E-state index in [-0.39, 0.29) is 41.1 Å². The van der Waals surface area contributed by atoms with Gasteiger partial charge in [0.15, 0.2) is 0 Å². The number of esters is 1. The minimum atomic E-state index is -0.370. The number of aromatic nitrogens is 1. The third-order valence-corrected chi connectivity index (χ3v) is 5.59. The highest BCUT2D eigenvalue weighted by molar-refractivity contribution is 5.70. The number of ether oxygens (including phenoxy) is 2. The Balaban J connectivity index is 2.34.